The summed E-state index contributed by atoms with van der Waals surface area (Å²) in [7, 11) is 1.67. The van der Waals surface area contributed by atoms with Crippen molar-refractivity contribution in [1.29, 1.82) is 0 Å². The molecule has 0 saturated carbocycles. The third-order valence-electron chi connectivity index (χ3n) is 7.41. The second-order valence-electron chi connectivity index (χ2n) is 10.1. The van der Waals surface area contributed by atoms with E-state index in [4.69, 9.17) is 9.84 Å². The average Bonchev–Trinajstić information content (AvgIpc) is 3.36. The van der Waals surface area contributed by atoms with E-state index in [1.54, 1.807) is 12.1 Å². The van der Waals surface area contributed by atoms with Crippen LogP contribution in [0.2, 0.25) is 0 Å². The number of carbonyl (C=O) groups is 1. The molecule has 0 aliphatic carbocycles. The number of piperazine rings is 1. The highest BCUT2D eigenvalue weighted by Crippen LogP contribution is 2.35. The summed E-state index contributed by atoms with van der Waals surface area (Å²) in [4.78, 5) is 18.4. The van der Waals surface area contributed by atoms with Crippen LogP contribution in [0.3, 0.4) is 0 Å². The molecule has 2 aliphatic heterocycles. The van der Waals surface area contributed by atoms with E-state index < -0.39 is 0 Å². The number of carbonyl (C=O) groups excluding carboxylic acids is 1. The molecule has 0 bridgehead atoms. The molecule has 3 aromatic rings. The average molecular weight is 497 g/mol. The molecule has 0 aromatic heterocycles. The van der Waals surface area contributed by atoms with Crippen LogP contribution >= 0.6 is 0 Å². The lowest BCUT2D eigenvalue weighted by molar-refractivity contribution is -0.134. The van der Waals surface area contributed by atoms with Gasteiger partial charge in [0.25, 0.3) is 5.91 Å². The number of rotatable bonds is 7. The molecule has 3 aromatic carbocycles. The normalized spacial score (nSPS) is 18.6. The highest BCUT2D eigenvalue weighted by molar-refractivity contribution is 6.04. The second-order valence-corrected chi connectivity index (χ2v) is 10.1. The third kappa shape index (κ3) is 5.92. The summed E-state index contributed by atoms with van der Waals surface area (Å²) in [6.45, 7) is 9.22. The molecule has 0 spiro atoms. The first kappa shape index (κ1) is 25.2. The Balaban J connectivity index is 1.30. The highest BCUT2D eigenvalue weighted by atomic mass is 16.5. The Bertz CT molecular complexity index is 1270. The molecule has 5 rings (SSSR count). The van der Waals surface area contributed by atoms with E-state index in [0.717, 1.165) is 55.3 Å². The first-order chi connectivity index (χ1) is 18.0. The summed E-state index contributed by atoms with van der Waals surface area (Å²) in [5.74, 6) is 0.837. The van der Waals surface area contributed by atoms with Gasteiger partial charge in [-0.25, -0.2) is 5.01 Å². The molecular weight excluding hydrogens is 460 g/mol. The van der Waals surface area contributed by atoms with Crippen LogP contribution in [0.15, 0.2) is 77.9 Å². The van der Waals surface area contributed by atoms with Crippen LogP contribution in [0.25, 0.3) is 0 Å². The molecule has 192 valence electrons. The Morgan fingerprint density at radius 1 is 0.919 bits per heavy atom. The summed E-state index contributed by atoms with van der Waals surface area (Å²) in [5, 5.41) is 6.64. The van der Waals surface area contributed by atoms with Gasteiger partial charge in [0, 0.05) is 44.7 Å². The van der Waals surface area contributed by atoms with E-state index in [1.165, 1.54) is 16.7 Å². The number of benzene rings is 3. The van der Waals surface area contributed by atoms with Crippen molar-refractivity contribution in [1.82, 2.24) is 14.8 Å². The fourth-order valence-electron chi connectivity index (χ4n) is 5.36. The Labute approximate surface area is 220 Å². The van der Waals surface area contributed by atoms with Crippen LogP contribution in [-0.4, -0.2) is 66.3 Å². The van der Waals surface area contributed by atoms with E-state index in [-0.39, 0.29) is 11.9 Å². The minimum atomic E-state index is -0.141. The molecule has 1 unspecified atom stereocenters. The van der Waals surface area contributed by atoms with Crippen LogP contribution in [0.4, 0.5) is 0 Å². The van der Waals surface area contributed by atoms with E-state index in [0.29, 0.717) is 13.0 Å². The predicted octanol–water partition coefficient (Wildman–Crippen LogP) is 4.81. The highest BCUT2D eigenvalue weighted by Gasteiger charge is 2.34. The van der Waals surface area contributed by atoms with Gasteiger partial charge in [0.1, 0.15) is 5.75 Å². The van der Waals surface area contributed by atoms with Gasteiger partial charge in [-0.15, -0.1) is 0 Å². The van der Waals surface area contributed by atoms with Crippen LogP contribution in [0.5, 0.6) is 5.75 Å². The van der Waals surface area contributed by atoms with Gasteiger partial charge in [-0.3, -0.25) is 14.6 Å². The lowest BCUT2D eigenvalue weighted by atomic mass is 9.95. The molecular formula is C31H36N4O2. The van der Waals surface area contributed by atoms with Gasteiger partial charge in [-0.2, -0.15) is 5.10 Å². The Hall–Kier alpha value is -3.48. The number of hydrogen-bond acceptors (Lipinski definition) is 5. The van der Waals surface area contributed by atoms with Crippen molar-refractivity contribution in [3.8, 4) is 5.75 Å². The van der Waals surface area contributed by atoms with Crippen molar-refractivity contribution in [3.05, 3.63) is 101 Å². The molecule has 1 atom stereocenters. The van der Waals surface area contributed by atoms with Crippen LogP contribution in [-0.2, 0) is 11.3 Å². The summed E-state index contributed by atoms with van der Waals surface area (Å²) in [5.41, 5.74) is 6.87. The molecule has 6 heteroatoms. The van der Waals surface area contributed by atoms with Gasteiger partial charge in [0.05, 0.1) is 25.4 Å². The summed E-state index contributed by atoms with van der Waals surface area (Å²) in [6, 6.07) is 24.9. The van der Waals surface area contributed by atoms with Crippen LogP contribution in [0, 0.1) is 13.8 Å². The molecule has 2 heterocycles. The molecule has 2 aliphatic rings. The lowest BCUT2D eigenvalue weighted by Crippen LogP contribution is -2.49. The van der Waals surface area contributed by atoms with E-state index in [1.807, 2.05) is 18.2 Å². The second kappa shape index (κ2) is 11.3. The quantitative estimate of drug-likeness (QED) is 0.471. The smallest absolute Gasteiger partial charge is 0.257 e. The monoisotopic (exact) mass is 496 g/mol. The fraction of sp³-hybridized carbons (Fsp3) is 0.355. The van der Waals surface area contributed by atoms with Gasteiger partial charge in [0.15, 0.2) is 0 Å². The minimum Gasteiger partial charge on any atom is -0.497 e. The SMILES string of the molecule is COc1cccc(C2CC(c3ccc(C)cc3C)=NN2C(=O)CN2CCN(Cc3ccccc3)CC2)c1. The standard InChI is InChI=1S/C31H36N4O2/c1-23-12-13-28(24(2)18-23)29-20-30(26-10-7-11-27(19-26)37-3)35(32-29)31(36)22-34-16-14-33(15-17-34)21-25-8-5-4-6-9-25/h4-13,18-19,30H,14-17,20-22H2,1-3H3. The fourth-order valence-corrected chi connectivity index (χ4v) is 5.36. The van der Waals surface area contributed by atoms with Gasteiger partial charge in [-0.1, -0.05) is 66.2 Å². The molecule has 6 nitrogen and oxygen atoms in total. The molecule has 0 N–H and O–H groups in total. The lowest BCUT2D eigenvalue weighted by Gasteiger charge is -2.35. The first-order valence-corrected chi connectivity index (χ1v) is 13.1. The van der Waals surface area contributed by atoms with E-state index in [2.05, 4.69) is 78.2 Å². The van der Waals surface area contributed by atoms with Crippen molar-refractivity contribution >= 4 is 11.6 Å². The summed E-state index contributed by atoms with van der Waals surface area (Å²) < 4.78 is 5.47. The van der Waals surface area contributed by atoms with Crippen LogP contribution in [0.1, 0.15) is 40.3 Å². The van der Waals surface area contributed by atoms with E-state index >= 15 is 0 Å². The largest absolute Gasteiger partial charge is 0.497 e. The third-order valence-corrected chi connectivity index (χ3v) is 7.41. The zero-order valence-electron chi connectivity index (χ0n) is 22.1. The number of aryl methyl sites for hydroxylation is 2. The number of amides is 1. The number of hydrogen-bond donors (Lipinski definition) is 0. The maximum absolute atomic E-state index is 13.7. The van der Waals surface area contributed by atoms with Gasteiger partial charge < -0.3 is 4.74 Å². The Morgan fingerprint density at radius 2 is 1.68 bits per heavy atom. The van der Waals surface area contributed by atoms with Crippen molar-refractivity contribution < 1.29 is 9.53 Å². The Morgan fingerprint density at radius 3 is 2.41 bits per heavy atom. The molecule has 1 amide bonds. The van der Waals surface area contributed by atoms with Gasteiger partial charge >= 0.3 is 0 Å². The maximum Gasteiger partial charge on any atom is 0.257 e. The Kier molecular flexibility index (Phi) is 7.68. The van der Waals surface area contributed by atoms with Crippen molar-refractivity contribution in [2.75, 3.05) is 39.8 Å². The van der Waals surface area contributed by atoms with E-state index in [9.17, 15) is 4.79 Å². The first-order valence-electron chi connectivity index (χ1n) is 13.1. The predicted molar refractivity (Wildman–Crippen MR) is 148 cm³/mol. The summed E-state index contributed by atoms with van der Waals surface area (Å²) >= 11 is 0. The van der Waals surface area contributed by atoms with Crippen LogP contribution < -0.4 is 4.74 Å². The molecule has 37 heavy (non-hydrogen) atoms. The van der Waals surface area contributed by atoms with Crippen molar-refractivity contribution in [3.63, 3.8) is 0 Å². The zero-order valence-corrected chi connectivity index (χ0v) is 22.1. The molecule has 1 fully saturated rings. The molecule has 0 radical (unpaired) electrons. The maximum atomic E-state index is 13.7. The van der Waals surface area contributed by atoms with Gasteiger partial charge in [0.2, 0.25) is 0 Å². The number of nitrogens with zero attached hydrogens (tertiary/aromatic N) is 4. The minimum absolute atomic E-state index is 0.0455. The number of ether oxygens (including phenoxy) is 1. The van der Waals surface area contributed by atoms with Gasteiger partial charge in [-0.05, 0) is 42.7 Å². The number of methoxy groups -OCH3 is 1. The summed E-state index contributed by atoms with van der Waals surface area (Å²) in [6.07, 6.45) is 0.688. The van der Waals surface area contributed by atoms with Crippen molar-refractivity contribution in [2.24, 2.45) is 5.10 Å². The molecule has 1 saturated heterocycles. The zero-order chi connectivity index (χ0) is 25.8. The van der Waals surface area contributed by atoms with Crippen molar-refractivity contribution in [2.45, 2.75) is 32.9 Å². The number of hydrazone groups is 1. The topological polar surface area (TPSA) is 48.4 Å².